The number of hydrogen-bond acceptors (Lipinski definition) is 4. The number of carbonyl (C=O) groups excluding carboxylic acids is 1. The molecule has 0 aromatic heterocycles. The Bertz CT molecular complexity index is 1020. The number of esters is 1. The minimum absolute atomic E-state index is 0.343. The maximum absolute atomic E-state index is 12.7. The van der Waals surface area contributed by atoms with E-state index in [0.29, 0.717) is 22.8 Å². The highest BCUT2D eigenvalue weighted by Crippen LogP contribution is 2.58. The van der Waals surface area contributed by atoms with E-state index in [1.165, 1.54) is 0 Å². The normalized spacial score (nSPS) is 19.5. The van der Waals surface area contributed by atoms with Gasteiger partial charge < -0.3 is 14.2 Å². The highest BCUT2D eigenvalue weighted by Gasteiger charge is 2.54. The number of para-hydroxylation sites is 1. The Morgan fingerprint density at radius 3 is 2.40 bits per heavy atom. The summed E-state index contributed by atoms with van der Waals surface area (Å²) in [5, 5.41) is 0. The molecule has 0 saturated carbocycles. The van der Waals surface area contributed by atoms with Crippen LogP contribution in [0.5, 0.6) is 17.2 Å². The van der Waals surface area contributed by atoms with E-state index in [2.05, 4.69) is 0 Å². The van der Waals surface area contributed by atoms with Gasteiger partial charge in [0.05, 0.1) is 18.2 Å². The van der Waals surface area contributed by atoms with Crippen LogP contribution < -0.4 is 9.47 Å². The first-order chi connectivity index (χ1) is 12.3. The molecule has 3 aromatic carbocycles. The van der Waals surface area contributed by atoms with Crippen molar-refractivity contribution in [2.75, 3.05) is 7.11 Å². The maximum Gasteiger partial charge on any atom is 0.340 e. The molecule has 0 radical (unpaired) electrons. The van der Waals surface area contributed by atoms with Crippen LogP contribution in [0.15, 0.2) is 66.7 Å². The van der Waals surface area contributed by atoms with Crippen LogP contribution in [0.25, 0.3) is 0 Å². The van der Waals surface area contributed by atoms with E-state index in [0.717, 1.165) is 16.7 Å². The Balaban J connectivity index is 1.95. The third kappa shape index (κ3) is 1.68. The van der Waals surface area contributed by atoms with Gasteiger partial charge in [0.25, 0.3) is 0 Å². The van der Waals surface area contributed by atoms with Crippen LogP contribution in [-0.2, 0) is 10.3 Å². The molecule has 1 unspecified atom stereocenters. The molecule has 4 heteroatoms. The van der Waals surface area contributed by atoms with E-state index < -0.39 is 5.60 Å². The quantitative estimate of drug-likeness (QED) is 0.625. The van der Waals surface area contributed by atoms with Crippen LogP contribution in [0.4, 0.5) is 0 Å². The highest BCUT2D eigenvalue weighted by molar-refractivity contribution is 5.97. The zero-order chi connectivity index (χ0) is 17.0. The van der Waals surface area contributed by atoms with Crippen molar-refractivity contribution < 1.29 is 19.0 Å². The van der Waals surface area contributed by atoms with Crippen molar-refractivity contribution >= 4 is 5.97 Å². The third-order valence-corrected chi connectivity index (χ3v) is 4.82. The molecule has 2 heterocycles. The lowest BCUT2D eigenvalue weighted by molar-refractivity contribution is 0.0217. The topological polar surface area (TPSA) is 44.8 Å². The summed E-state index contributed by atoms with van der Waals surface area (Å²) < 4.78 is 17.7. The first kappa shape index (κ1) is 14.1. The molecule has 0 fully saturated rings. The summed E-state index contributed by atoms with van der Waals surface area (Å²) >= 11 is 0. The van der Waals surface area contributed by atoms with Crippen LogP contribution in [0.3, 0.4) is 0 Å². The average Bonchev–Trinajstić information content (AvgIpc) is 2.95. The van der Waals surface area contributed by atoms with Crippen LogP contribution in [0, 0.1) is 0 Å². The van der Waals surface area contributed by atoms with Crippen molar-refractivity contribution in [2.45, 2.75) is 5.60 Å². The zero-order valence-corrected chi connectivity index (χ0v) is 13.5. The molecule has 0 aliphatic carbocycles. The van der Waals surface area contributed by atoms with Crippen molar-refractivity contribution in [1.82, 2.24) is 0 Å². The first-order valence-electron chi connectivity index (χ1n) is 8.03. The lowest BCUT2D eigenvalue weighted by atomic mass is 9.77. The largest absolute Gasteiger partial charge is 0.496 e. The summed E-state index contributed by atoms with van der Waals surface area (Å²) in [7, 11) is 1.60. The lowest BCUT2D eigenvalue weighted by Crippen LogP contribution is -2.33. The molecule has 1 atom stereocenters. The zero-order valence-electron chi connectivity index (χ0n) is 13.5. The average molecular weight is 330 g/mol. The van der Waals surface area contributed by atoms with Crippen molar-refractivity contribution in [2.24, 2.45) is 0 Å². The van der Waals surface area contributed by atoms with E-state index in [9.17, 15) is 4.79 Å². The summed E-state index contributed by atoms with van der Waals surface area (Å²) in [4.78, 5) is 12.7. The number of hydrogen-bond donors (Lipinski definition) is 0. The smallest absolute Gasteiger partial charge is 0.340 e. The molecular formula is C21H14O4. The molecule has 5 rings (SSSR count). The molecule has 122 valence electrons. The van der Waals surface area contributed by atoms with Crippen LogP contribution >= 0.6 is 0 Å². The number of rotatable bonds is 1. The van der Waals surface area contributed by atoms with Gasteiger partial charge in [-0.25, -0.2) is 4.79 Å². The van der Waals surface area contributed by atoms with Crippen LogP contribution in [0.2, 0.25) is 0 Å². The summed E-state index contributed by atoms with van der Waals surface area (Å²) in [6.45, 7) is 0. The van der Waals surface area contributed by atoms with E-state index in [4.69, 9.17) is 14.2 Å². The second-order valence-electron chi connectivity index (χ2n) is 6.05. The molecule has 2 aliphatic heterocycles. The van der Waals surface area contributed by atoms with Gasteiger partial charge in [-0.15, -0.1) is 0 Å². The van der Waals surface area contributed by atoms with Crippen molar-refractivity contribution in [3.8, 4) is 17.2 Å². The fourth-order valence-electron chi connectivity index (χ4n) is 3.82. The first-order valence-corrected chi connectivity index (χ1v) is 8.03. The van der Waals surface area contributed by atoms with Gasteiger partial charge >= 0.3 is 5.97 Å². The number of ether oxygens (including phenoxy) is 3. The molecule has 0 N–H and O–H groups in total. The second-order valence-corrected chi connectivity index (χ2v) is 6.05. The number of fused-ring (bicyclic) bond motifs is 6. The molecule has 0 saturated heterocycles. The number of benzene rings is 3. The van der Waals surface area contributed by atoms with E-state index >= 15 is 0 Å². The summed E-state index contributed by atoms with van der Waals surface area (Å²) in [6.07, 6.45) is 0. The Morgan fingerprint density at radius 1 is 0.840 bits per heavy atom. The van der Waals surface area contributed by atoms with Crippen molar-refractivity contribution in [1.29, 1.82) is 0 Å². The van der Waals surface area contributed by atoms with Gasteiger partial charge in [0, 0.05) is 11.1 Å². The van der Waals surface area contributed by atoms with Gasteiger partial charge in [-0.1, -0.05) is 42.5 Å². The minimum atomic E-state index is -1.07. The summed E-state index contributed by atoms with van der Waals surface area (Å²) in [5.41, 5.74) is 1.82. The maximum atomic E-state index is 12.7. The van der Waals surface area contributed by atoms with Crippen LogP contribution in [0.1, 0.15) is 27.0 Å². The Morgan fingerprint density at radius 2 is 1.56 bits per heavy atom. The van der Waals surface area contributed by atoms with Crippen molar-refractivity contribution in [3.63, 3.8) is 0 Å². The molecular weight excluding hydrogens is 316 g/mol. The Hall–Kier alpha value is -3.27. The van der Waals surface area contributed by atoms with Gasteiger partial charge in [0.2, 0.25) is 0 Å². The number of methoxy groups -OCH3 is 1. The van der Waals surface area contributed by atoms with Gasteiger partial charge in [-0.05, 0) is 24.3 Å². The summed E-state index contributed by atoms with van der Waals surface area (Å²) in [6, 6.07) is 20.7. The molecule has 1 spiro atoms. The second kappa shape index (κ2) is 4.86. The van der Waals surface area contributed by atoms with Gasteiger partial charge in [0.15, 0.2) is 5.60 Å². The summed E-state index contributed by atoms with van der Waals surface area (Å²) in [5.74, 6) is 1.58. The molecule has 0 bridgehead atoms. The molecule has 3 aromatic rings. The standard InChI is InChI=1S/C21H14O4/c1-23-17-11-6-12-18-19(17)21(15-9-4-5-10-16(15)24-18)14-8-3-2-7-13(14)20(22)25-21/h2-12H,1H3. The molecule has 0 amide bonds. The molecule has 2 aliphatic rings. The molecule has 25 heavy (non-hydrogen) atoms. The third-order valence-electron chi connectivity index (χ3n) is 4.82. The van der Waals surface area contributed by atoms with E-state index in [1.807, 2.05) is 60.7 Å². The van der Waals surface area contributed by atoms with E-state index in [1.54, 1.807) is 13.2 Å². The van der Waals surface area contributed by atoms with Crippen LogP contribution in [-0.4, -0.2) is 13.1 Å². The minimum Gasteiger partial charge on any atom is -0.496 e. The van der Waals surface area contributed by atoms with Gasteiger partial charge in [-0.2, -0.15) is 0 Å². The fraction of sp³-hybridized carbons (Fsp3) is 0.0952. The predicted molar refractivity (Wildman–Crippen MR) is 91.2 cm³/mol. The van der Waals surface area contributed by atoms with Gasteiger partial charge in [-0.3, -0.25) is 0 Å². The highest BCUT2D eigenvalue weighted by atomic mass is 16.6. The van der Waals surface area contributed by atoms with E-state index in [-0.39, 0.29) is 5.97 Å². The number of carbonyl (C=O) groups is 1. The fourth-order valence-corrected chi connectivity index (χ4v) is 3.82. The molecule has 4 nitrogen and oxygen atoms in total. The van der Waals surface area contributed by atoms with Crippen molar-refractivity contribution in [3.05, 3.63) is 89.0 Å². The Labute approximate surface area is 144 Å². The predicted octanol–water partition coefficient (Wildman–Crippen LogP) is 4.26. The Kier molecular flexibility index (Phi) is 2.74. The lowest BCUT2D eigenvalue weighted by Gasteiger charge is -2.37. The van der Waals surface area contributed by atoms with Gasteiger partial charge in [0.1, 0.15) is 17.2 Å². The monoisotopic (exact) mass is 330 g/mol. The SMILES string of the molecule is COc1cccc2c1C1(OC(=O)c3ccccc31)c1ccccc1O2.